The van der Waals surface area contributed by atoms with E-state index in [4.69, 9.17) is 4.84 Å². The molecular weight excluding hydrogens is 240 g/mol. The summed E-state index contributed by atoms with van der Waals surface area (Å²) in [4.78, 5) is 22.0. The molecule has 0 saturated carbocycles. The third kappa shape index (κ3) is 1.87. The van der Waals surface area contributed by atoms with E-state index in [0.29, 0.717) is 16.7 Å². The predicted octanol–water partition coefficient (Wildman–Crippen LogP) is 2.12. The number of hydrogen-bond donors (Lipinski definition) is 0. The van der Waals surface area contributed by atoms with Crippen molar-refractivity contribution < 1.29 is 4.84 Å². The molecule has 3 rings (SSSR count). The van der Waals surface area contributed by atoms with Crippen LogP contribution in [0.5, 0.6) is 0 Å². The summed E-state index contributed by atoms with van der Waals surface area (Å²) in [7, 11) is 1.46. The quantitative estimate of drug-likeness (QED) is 0.701. The molecule has 0 radical (unpaired) electrons. The Labute approximate surface area is 109 Å². The molecule has 0 amide bonds. The molecule has 0 N–H and O–H groups in total. The smallest absolute Gasteiger partial charge is 0.294 e. The van der Waals surface area contributed by atoms with Gasteiger partial charge in [0.1, 0.15) is 7.11 Å². The van der Waals surface area contributed by atoms with Crippen LogP contribution in [-0.2, 0) is 0 Å². The first kappa shape index (κ1) is 11.5. The van der Waals surface area contributed by atoms with Crippen LogP contribution in [0.4, 0.5) is 0 Å². The lowest BCUT2D eigenvalue weighted by Crippen LogP contribution is -2.27. The van der Waals surface area contributed by atoms with E-state index in [1.165, 1.54) is 11.8 Å². The fraction of sp³-hybridized carbons (Fsp3) is 0.0667. The van der Waals surface area contributed by atoms with Crippen molar-refractivity contribution in [1.29, 1.82) is 0 Å². The summed E-state index contributed by atoms with van der Waals surface area (Å²) in [6.07, 6.45) is 0. The molecule has 0 fully saturated rings. The molecule has 1 heterocycles. The zero-order valence-electron chi connectivity index (χ0n) is 10.4. The number of benzene rings is 2. The van der Waals surface area contributed by atoms with Crippen LogP contribution >= 0.6 is 0 Å². The summed E-state index contributed by atoms with van der Waals surface area (Å²) in [5.41, 5.74) is 1.30. The zero-order chi connectivity index (χ0) is 13.2. The summed E-state index contributed by atoms with van der Waals surface area (Å²) < 4.78 is 1.22. The zero-order valence-corrected chi connectivity index (χ0v) is 10.4. The van der Waals surface area contributed by atoms with Crippen LogP contribution in [0.2, 0.25) is 0 Å². The molecule has 0 aliphatic heterocycles. The maximum Gasteiger partial charge on any atom is 0.294 e. The molecule has 0 aliphatic carbocycles. The molecule has 4 nitrogen and oxygen atoms in total. The number of hydrogen-bond acceptors (Lipinski definition) is 3. The van der Waals surface area contributed by atoms with Gasteiger partial charge in [0.2, 0.25) is 0 Å². The highest BCUT2D eigenvalue weighted by Gasteiger charge is 2.12. The molecule has 19 heavy (non-hydrogen) atoms. The van der Waals surface area contributed by atoms with Gasteiger partial charge in [-0.3, -0.25) is 4.79 Å². The van der Waals surface area contributed by atoms with Crippen molar-refractivity contribution in [2.45, 2.75) is 0 Å². The maximum absolute atomic E-state index is 12.4. The average molecular weight is 252 g/mol. The van der Waals surface area contributed by atoms with Crippen molar-refractivity contribution in [3.63, 3.8) is 0 Å². The topological polar surface area (TPSA) is 44.1 Å². The van der Waals surface area contributed by atoms with Gasteiger partial charge in [-0.1, -0.05) is 42.5 Å². The van der Waals surface area contributed by atoms with E-state index in [2.05, 4.69) is 4.98 Å². The highest BCUT2D eigenvalue weighted by Crippen LogP contribution is 2.17. The molecule has 0 bridgehead atoms. The molecule has 1 aromatic heterocycles. The van der Waals surface area contributed by atoms with Gasteiger partial charge in [0.05, 0.1) is 10.9 Å². The highest BCUT2D eigenvalue weighted by atomic mass is 16.7. The van der Waals surface area contributed by atoms with E-state index >= 15 is 0 Å². The summed E-state index contributed by atoms with van der Waals surface area (Å²) >= 11 is 0. The van der Waals surface area contributed by atoms with Crippen LogP contribution in [0.15, 0.2) is 59.4 Å². The monoisotopic (exact) mass is 252 g/mol. The number of aromatic nitrogens is 2. The van der Waals surface area contributed by atoms with Crippen molar-refractivity contribution in [1.82, 2.24) is 9.71 Å². The van der Waals surface area contributed by atoms with Gasteiger partial charge in [-0.05, 0) is 12.1 Å². The van der Waals surface area contributed by atoms with Crippen molar-refractivity contribution in [2.75, 3.05) is 7.11 Å². The van der Waals surface area contributed by atoms with Crippen molar-refractivity contribution in [3.8, 4) is 11.4 Å². The fourth-order valence-electron chi connectivity index (χ4n) is 2.06. The van der Waals surface area contributed by atoms with Gasteiger partial charge in [0.15, 0.2) is 5.82 Å². The van der Waals surface area contributed by atoms with Crippen LogP contribution < -0.4 is 10.4 Å². The van der Waals surface area contributed by atoms with E-state index in [0.717, 1.165) is 5.56 Å². The summed E-state index contributed by atoms with van der Waals surface area (Å²) in [6.45, 7) is 0. The largest absolute Gasteiger partial charge is 0.412 e. The second kappa shape index (κ2) is 4.57. The molecule has 3 aromatic rings. The lowest BCUT2D eigenvalue weighted by atomic mass is 10.2. The summed E-state index contributed by atoms with van der Waals surface area (Å²) in [5.74, 6) is 0.506. The van der Waals surface area contributed by atoms with Crippen LogP contribution in [0.3, 0.4) is 0 Å². The molecule has 2 aromatic carbocycles. The Kier molecular flexibility index (Phi) is 2.76. The number of nitrogens with zero attached hydrogens (tertiary/aromatic N) is 2. The van der Waals surface area contributed by atoms with Gasteiger partial charge >= 0.3 is 0 Å². The minimum Gasteiger partial charge on any atom is -0.412 e. The van der Waals surface area contributed by atoms with Gasteiger partial charge in [-0.2, -0.15) is 0 Å². The summed E-state index contributed by atoms with van der Waals surface area (Å²) in [6, 6.07) is 16.7. The normalized spacial score (nSPS) is 10.6. The molecule has 0 unspecified atom stereocenters. The van der Waals surface area contributed by atoms with E-state index in [-0.39, 0.29) is 5.56 Å². The van der Waals surface area contributed by atoms with Crippen LogP contribution in [-0.4, -0.2) is 16.8 Å². The van der Waals surface area contributed by atoms with Gasteiger partial charge in [0, 0.05) is 5.56 Å². The van der Waals surface area contributed by atoms with Crippen molar-refractivity contribution in [2.24, 2.45) is 0 Å². The number of rotatable bonds is 2. The van der Waals surface area contributed by atoms with E-state index in [9.17, 15) is 4.79 Å². The van der Waals surface area contributed by atoms with Gasteiger partial charge in [0.25, 0.3) is 5.56 Å². The van der Waals surface area contributed by atoms with Gasteiger partial charge < -0.3 is 4.84 Å². The standard InChI is InChI=1S/C15H12N2O2/c1-19-17-14(11-7-3-2-4-8-11)16-13-10-6-5-9-12(13)15(17)18/h2-10H,1H3. The van der Waals surface area contributed by atoms with Crippen LogP contribution in [0.25, 0.3) is 22.3 Å². The molecule has 0 saturated heterocycles. The molecule has 0 atom stereocenters. The lowest BCUT2D eigenvalue weighted by Gasteiger charge is -2.11. The third-order valence-corrected chi connectivity index (χ3v) is 2.95. The van der Waals surface area contributed by atoms with Gasteiger partial charge in [-0.25, -0.2) is 4.98 Å². The fourth-order valence-corrected chi connectivity index (χ4v) is 2.06. The number of para-hydroxylation sites is 1. The minimum atomic E-state index is -0.202. The Hall–Kier alpha value is -2.62. The maximum atomic E-state index is 12.4. The SMILES string of the molecule is COn1c(-c2ccccc2)nc2ccccc2c1=O. The Morgan fingerprint density at radius 3 is 2.42 bits per heavy atom. The molecule has 94 valence electrons. The molecule has 0 aliphatic rings. The summed E-state index contributed by atoms with van der Waals surface area (Å²) in [5, 5.41) is 0.545. The van der Waals surface area contributed by atoms with E-state index in [1.54, 1.807) is 6.07 Å². The second-order valence-electron chi connectivity index (χ2n) is 4.10. The average Bonchev–Trinajstić information content (AvgIpc) is 2.48. The second-order valence-corrected chi connectivity index (χ2v) is 4.10. The van der Waals surface area contributed by atoms with E-state index in [1.807, 2.05) is 48.5 Å². The molecule has 0 spiro atoms. The Bertz CT molecular complexity index is 779. The van der Waals surface area contributed by atoms with E-state index < -0.39 is 0 Å². The minimum absolute atomic E-state index is 0.202. The van der Waals surface area contributed by atoms with Gasteiger partial charge in [-0.15, -0.1) is 4.73 Å². The Morgan fingerprint density at radius 1 is 1.00 bits per heavy atom. The van der Waals surface area contributed by atoms with Crippen molar-refractivity contribution >= 4 is 10.9 Å². The van der Waals surface area contributed by atoms with Crippen LogP contribution in [0.1, 0.15) is 0 Å². The first-order chi connectivity index (χ1) is 9.31. The Morgan fingerprint density at radius 2 is 1.68 bits per heavy atom. The predicted molar refractivity (Wildman–Crippen MR) is 73.9 cm³/mol. The first-order valence-electron chi connectivity index (χ1n) is 5.93. The lowest BCUT2D eigenvalue weighted by molar-refractivity contribution is 0.160. The Balaban J connectivity index is 2.39. The molecular formula is C15H12N2O2. The number of fused-ring (bicyclic) bond motifs is 1. The first-order valence-corrected chi connectivity index (χ1v) is 5.93. The third-order valence-electron chi connectivity index (χ3n) is 2.95. The molecule has 4 heteroatoms. The highest BCUT2D eigenvalue weighted by molar-refractivity contribution is 5.79. The van der Waals surface area contributed by atoms with Crippen LogP contribution in [0, 0.1) is 0 Å². The van der Waals surface area contributed by atoms with Crippen molar-refractivity contribution in [3.05, 3.63) is 65.0 Å².